The SMILES string of the molecule is COc1ccc(C)cc1NC(=O)C(C)Sc1ccc(Br)cc1. The van der Waals surface area contributed by atoms with Crippen molar-refractivity contribution in [2.24, 2.45) is 0 Å². The van der Waals surface area contributed by atoms with Crippen LogP contribution in [0, 0.1) is 6.92 Å². The number of anilines is 1. The summed E-state index contributed by atoms with van der Waals surface area (Å²) in [5, 5.41) is 2.74. The fraction of sp³-hybridized carbons (Fsp3) is 0.235. The number of thioether (sulfide) groups is 1. The molecule has 0 aromatic heterocycles. The highest BCUT2D eigenvalue weighted by Crippen LogP contribution is 2.28. The lowest BCUT2D eigenvalue weighted by Gasteiger charge is -2.15. The fourth-order valence-electron chi connectivity index (χ4n) is 1.92. The summed E-state index contributed by atoms with van der Waals surface area (Å²) in [5.74, 6) is 0.622. The Balaban J connectivity index is 2.05. The first-order valence-corrected chi connectivity index (χ1v) is 8.54. The van der Waals surface area contributed by atoms with E-state index < -0.39 is 0 Å². The number of carbonyl (C=O) groups excluding carboxylic acids is 1. The Hall–Kier alpha value is -1.46. The molecule has 0 saturated carbocycles. The Morgan fingerprint density at radius 1 is 1.23 bits per heavy atom. The largest absolute Gasteiger partial charge is 0.495 e. The van der Waals surface area contributed by atoms with E-state index in [1.165, 1.54) is 11.8 Å². The van der Waals surface area contributed by atoms with Crippen LogP contribution in [-0.4, -0.2) is 18.3 Å². The molecule has 1 unspecified atom stereocenters. The molecular weight excluding hydrogens is 362 g/mol. The highest BCUT2D eigenvalue weighted by molar-refractivity contribution is 9.10. The lowest BCUT2D eigenvalue weighted by Crippen LogP contribution is -2.22. The first kappa shape index (κ1) is 16.9. The number of hydrogen-bond donors (Lipinski definition) is 1. The molecule has 0 fully saturated rings. The summed E-state index contributed by atoms with van der Waals surface area (Å²) < 4.78 is 6.31. The molecule has 0 spiro atoms. The Bertz CT molecular complexity index is 658. The van der Waals surface area contributed by atoms with Crippen molar-refractivity contribution >= 4 is 39.3 Å². The zero-order chi connectivity index (χ0) is 16.1. The zero-order valence-corrected chi connectivity index (χ0v) is 15.1. The van der Waals surface area contributed by atoms with Gasteiger partial charge in [-0.2, -0.15) is 0 Å². The topological polar surface area (TPSA) is 38.3 Å². The highest BCUT2D eigenvalue weighted by Gasteiger charge is 2.16. The molecule has 1 amide bonds. The standard InChI is InChI=1S/C17H18BrNO2S/c1-11-4-9-16(21-3)15(10-11)19-17(20)12(2)22-14-7-5-13(18)6-8-14/h4-10,12H,1-3H3,(H,19,20). The van der Waals surface area contributed by atoms with Crippen LogP contribution in [0.1, 0.15) is 12.5 Å². The van der Waals surface area contributed by atoms with Crippen molar-refractivity contribution in [2.45, 2.75) is 24.0 Å². The van der Waals surface area contributed by atoms with Gasteiger partial charge in [0, 0.05) is 9.37 Å². The second-order valence-corrected chi connectivity index (χ2v) is 7.24. The lowest BCUT2D eigenvalue weighted by atomic mass is 10.2. The van der Waals surface area contributed by atoms with Crippen LogP contribution in [0.15, 0.2) is 51.8 Å². The van der Waals surface area contributed by atoms with Gasteiger partial charge in [0.15, 0.2) is 0 Å². The predicted octanol–water partition coefficient (Wildman–Crippen LogP) is 4.89. The van der Waals surface area contributed by atoms with Gasteiger partial charge in [-0.25, -0.2) is 0 Å². The van der Waals surface area contributed by atoms with Gasteiger partial charge in [-0.1, -0.05) is 22.0 Å². The minimum Gasteiger partial charge on any atom is -0.495 e. The van der Waals surface area contributed by atoms with Crippen LogP contribution in [0.3, 0.4) is 0 Å². The van der Waals surface area contributed by atoms with Crippen LogP contribution in [0.25, 0.3) is 0 Å². The number of ether oxygens (including phenoxy) is 1. The number of aryl methyl sites for hydroxylation is 1. The van der Waals surface area contributed by atoms with Crippen molar-refractivity contribution < 1.29 is 9.53 Å². The second kappa shape index (κ2) is 7.70. The Morgan fingerprint density at radius 2 is 1.91 bits per heavy atom. The number of halogens is 1. The average molecular weight is 380 g/mol. The molecule has 0 saturated heterocycles. The minimum absolute atomic E-state index is 0.0446. The number of carbonyl (C=O) groups is 1. The van der Waals surface area contributed by atoms with Crippen LogP contribution in [0.2, 0.25) is 0 Å². The number of nitrogens with one attached hydrogen (secondary N) is 1. The van der Waals surface area contributed by atoms with Gasteiger partial charge in [0.1, 0.15) is 5.75 Å². The van der Waals surface area contributed by atoms with E-state index in [2.05, 4.69) is 21.2 Å². The van der Waals surface area contributed by atoms with Gasteiger partial charge >= 0.3 is 0 Å². The number of benzene rings is 2. The highest BCUT2D eigenvalue weighted by atomic mass is 79.9. The van der Waals surface area contributed by atoms with Crippen LogP contribution in [0.4, 0.5) is 5.69 Å². The van der Waals surface area contributed by atoms with Crippen molar-refractivity contribution in [3.63, 3.8) is 0 Å². The Kier molecular flexibility index (Phi) is 5.91. The van der Waals surface area contributed by atoms with Gasteiger partial charge < -0.3 is 10.1 Å². The van der Waals surface area contributed by atoms with Crippen LogP contribution in [-0.2, 0) is 4.79 Å². The average Bonchev–Trinajstić information content (AvgIpc) is 2.49. The molecule has 0 aliphatic heterocycles. The first-order chi connectivity index (χ1) is 10.5. The van der Waals surface area contributed by atoms with Gasteiger partial charge in [-0.15, -0.1) is 11.8 Å². The maximum absolute atomic E-state index is 12.4. The van der Waals surface area contributed by atoms with E-state index in [4.69, 9.17) is 4.74 Å². The second-order valence-electron chi connectivity index (χ2n) is 4.91. The summed E-state index contributed by atoms with van der Waals surface area (Å²) in [4.78, 5) is 13.4. The fourth-order valence-corrected chi connectivity index (χ4v) is 3.06. The van der Waals surface area contributed by atoms with Gasteiger partial charge in [0.2, 0.25) is 5.91 Å². The van der Waals surface area contributed by atoms with Crippen molar-refractivity contribution in [1.29, 1.82) is 0 Å². The van der Waals surface area contributed by atoms with Crippen LogP contribution >= 0.6 is 27.7 Å². The smallest absolute Gasteiger partial charge is 0.237 e. The first-order valence-electron chi connectivity index (χ1n) is 6.87. The predicted molar refractivity (Wildman–Crippen MR) is 95.8 cm³/mol. The number of amides is 1. The molecule has 1 atom stereocenters. The lowest BCUT2D eigenvalue weighted by molar-refractivity contribution is -0.115. The molecule has 2 aromatic rings. The molecular formula is C17H18BrNO2S. The summed E-state index contributed by atoms with van der Waals surface area (Å²) in [6.07, 6.45) is 0. The molecule has 22 heavy (non-hydrogen) atoms. The summed E-state index contributed by atoms with van der Waals surface area (Å²) >= 11 is 4.93. The van der Waals surface area contributed by atoms with E-state index in [0.29, 0.717) is 11.4 Å². The Morgan fingerprint density at radius 3 is 2.55 bits per heavy atom. The summed E-state index contributed by atoms with van der Waals surface area (Å²) in [5.41, 5.74) is 1.78. The Labute approximate surface area is 143 Å². The molecule has 116 valence electrons. The molecule has 0 aliphatic rings. The van der Waals surface area contributed by atoms with E-state index >= 15 is 0 Å². The van der Waals surface area contributed by atoms with Crippen molar-refractivity contribution in [1.82, 2.24) is 0 Å². The quantitative estimate of drug-likeness (QED) is 0.751. The maximum Gasteiger partial charge on any atom is 0.237 e. The number of hydrogen-bond acceptors (Lipinski definition) is 3. The maximum atomic E-state index is 12.4. The van der Waals surface area contributed by atoms with Crippen molar-refractivity contribution in [3.8, 4) is 5.75 Å². The normalized spacial score (nSPS) is 11.8. The van der Waals surface area contributed by atoms with Gasteiger partial charge in [0.05, 0.1) is 18.0 Å². The third kappa shape index (κ3) is 4.52. The van der Waals surface area contributed by atoms with Crippen LogP contribution in [0.5, 0.6) is 5.75 Å². The molecule has 2 aromatic carbocycles. The molecule has 2 rings (SSSR count). The minimum atomic E-state index is -0.202. The van der Waals surface area contributed by atoms with E-state index in [-0.39, 0.29) is 11.2 Å². The third-order valence-electron chi connectivity index (χ3n) is 3.11. The molecule has 0 radical (unpaired) electrons. The zero-order valence-electron chi connectivity index (χ0n) is 12.7. The molecule has 0 bridgehead atoms. The van der Waals surface area contributed by atoms with E-state index in [1.807, 2.05) is 56.3 Å². The van der Waals surface area contributed by atoms with Crippen molar-refractivity contribution in [3.05, 3.63) is 52.5 Å². The molecule has 5 heteroatoms. The van der Waals surface area contributed by atoms with Crippen molar-refractivity contribution in [2.75, 3.05) is 12.4 Å². The molecule has 1 N–H and O–H groups in total. The summed E-state index contributed by atoms with van der Waals surface area (Å²) in [6.45, 7) is 3.87. The summed E-state index contributed by atoms with van der Waals surface area (Å²) in [6, 6.07) is 13.6. The van der Waals surface area contributed by atoms with Gasteiger partial charge in [-0.05, 0) is 55.8 Å². The summed E-state index contributed by atoms with van der Waals surface area (Å²) in [7, 11) is 1.60. The monoisotopic (exact) mass is 379 g/mol. The van der Waals surface area contributed by atoms with E-state index in [1.54, 1.807) is 7.11 Å². The third-order valence-corrected chi connectivity index (χ3v) is 4.75. The van der Waals surface area contributed by atoms with Crippen LogP contribution < -0.4 is 10.1 Å². The molecule has 0 heterocycles. The van der Waals surface area contributed by atoms with Gasteiger partial charge in [0.25, 0.3) is 0 Å². The molecule has 3 nitrogen and oxygen atoms in total. The number of rotatable bonds is 5. The number of methoxy groups -OCH3 is 1. The van der Waals surface area contributed by atoms with E-state index in [0.717, 1.165) is 14.9 Å². The van der Waals surface area contributed by atoms with Gasteiger partial charge in [-0.3, -0.25) is 4.79 Å². The molecule has 0 aliphatic carbocycles. The van der Waals surface area contributed by atoms with E-state index in [9.17, 15) is 4.79 Å².